The molecular formula is C22H25ClFN5O3. The molecule has 3 aromatic rings. The molecule has 0 bridgehead atoms. The largest absolute Gasteiger partial charge is 0.506 e. The Balaban J connectivity index is 1.54. The van der Waals surface area contributed by atoms with Crippen LogP contribution in [0.5, 0.6) is 17.2 Å². The summed E-state index contributed by atoms with van der Waals surface area (Å²) in [4.78, 5) is 13.2. The van der Waals surface area contributed by atoms with Gasteiger partial charge in [-0.1, -0.05) is 11.6 Å². The summed E-state index contributed by atoms with van der Waals surface area (Å²) < 4.78 is 25.8. The summed E-state index contributed by atoms with van der Waals surface area (Å²) in [6, 6.07) is 5.77. The van der Waals surface area contributed by atoms with E-state index in [0.717, 1.165) is 38.8 Å². The minimum absolute atomic E-state index is 0.0402. The molecule has 8 nitrogen and oxygen atoms in total. The molecule has 0 radical (unpaired) electrons. The van der Waals surface area contributed by atoms with E-state index in [1.807, 2.05) is 0 Å². The number of benzene rings is 2. The Morgan fingerprint density at radius 2 is 1.91 bits per heavy atom. The predicted molar refractivity (Wildman–Crippen MR) is 122 cm³/mol. The highest BCUT2D eigenvalue weighted by atomic mass is 35.5. The zero-order chi connectivity index (χ0) is 22.7. The van der Waals surface area contributed by atoms with Gasteiger partial charge in [-0.25, -0.2) is 14.4 Å². The van der Waals surface area contributed by atoms with Crippen LogP contribution >= 0.6 is 11.6 Å². The van der Waals surface area contributed by atoms with Crippen molar-refractivity contribution in [3.8, 4) is 17.2 Å². The molecule has 0 saturated carbocycles. The summed E-state index contributed by atoms with van der Waals surface area (Å²) in [6.45, 7) is 5.50. The van der Waals surface area contributed by atoms with Crippen molar-refractivity contribution >= 4 is 34.0 Å². The average molecular weight is 462 g/mol. The van der Waals surface area contributed by atoms with Gasteiger partial charge in [0.25, 0.3) is 0 Å². The third kappa shape index (κ3) is 4.95. The number of rotatable bonds is 7. The second-order valence-corrected chi connectivity index (χ2v) is 8.05. The van der Waals surface area contributed by atoms with Gasteiger partial charge in [0.15, 0.2) is 11.5 Å². The minimum atomic E-state index is -0.615. The maximum Gasteiger partial charge on any atom is 0.163 e. The van der Waals surface area contributed by atoms with Crippen LogP contribution < -0.4 is 14.8 Å². The quantitative estimate of drug-likeness (QED) is 0.553. The fraction of sp³-hybridized carbons (Fsp3) is 0.364. The SMILES string of the molecule is COc1cc2c(Nc3cc(O)c(Cl)cc3F)ncnc2cc1OCCN1CCN(C)CC1. The summed E-state index contributed by atoms with van der Waals surface area (Å²) in [5.74, 6) is 0.609. The average Bonchev–Trinajstić information content (AvgIpc) is 2.78. The second kappa shape index (κ2) is 9.72. The molecule has 1 saturated heterocycles. The van der Waals surface area contributed by atoms with Crippen molar-refractivity contribution in [2.75, 3.05) is 58.8 Å². The number of hydrogen-bond acceptors (Lipinski definition) is 8. The van der Waals surface area contributed by atoms with Crippen LogP contribution in [0.3, 0.4) is 0 Å². The van der Waals surface area contributed by atoms with E-state index in [0.29, 0.717) is 34.8 Å². The van der Waals surface area contributed by atoms with Gasteiger partial charge in [-0.3, -0.25) is 4.90 Å². The van der Waals surface area contributed by atoms with Crippen LogP contribution in [0.15, 0.2) is 30.6 Å². The number of halogens is 2. The molecule has 32 heavy (non-hydrogen) atoms. The lowest BCUT2D eigenvalue weighted by molar-refractivity contribution is 0.133. The highest BCUT2D eigenvalue weighted by Gasteiger charge is 2.16. The first-order chi connectivity index (χ1) is 15.4. The number of aromatic nitrogens is 2. The number of aromatic hydroxyl groups is 1. The van der Waals surface area contributed by atoms with Gasteiger partial charge in [0, 0.05) is 50.2 Å². The van der Waals surface area contributed by atoms with Crippen LogP contribution in [-0.2, 0) is 0 Å². The molecule has 1 aromatic heterocycles. The highest BCUT2D eigenvalue weighted by molar-refractivity contribution is 6.32. The van der Waals surface area contributed by atoms with Crippen molar-refractivity contribution in [1.82, 2.24) is 19.8 Å². The molecule has 1 aliphatic heterocycles. The predicted octanol–water partition coefficient (Wildman–Crippen LogP) is 3.51. The van der Waals surface area contributed by atoms with Crippen LogP contribution in [-0.4, -0.2) is 78.4 Å². The lowest BCUT2D eigenvalue weighted by Crippen LogP contribution is -2.45. The van der Waals surface area contributed by atoms with E-state index in [2.05, 4.69) is 32.1 Å². The van der Waals surface area contributed by atoms with Gasteiger partial charge >= 0.3 is 0 Å². The molecule has 1 fully saturated rings. The maximum atomic E-state index is 14.3. The van der Waals surface area contributed by atoms with Crippen molar-refractivity contribution in [2.45, 2.75) is 0 Å². The fourth-order valence-corrected chi connectivity index (χ4v) is 3.70. The van der Waals surface area contributed by atoms with Crippen LogP contribution in [0, 0.1) is 5.82 Å². The van der Waals surface area contributed by atoms with E-state index in [1.165, 1.54) is 12.4 Å². The number of anilines is 2. The van der Waals surface area contributed by atoms with E-state index in [-0.39, 0.29) is 16.5 Å². The van der Waals surface area contributed by atoms with Gasteiger partial charge in [0.05, 0.1) is 23.3 Å². The third-order valence-corrected chi connectivity index (χ3v) is 5.77. The number of nitrogens with zero attached hydrogens (tertiary/aromatic N) is 4. The van der Waals surface area contributed by atoms with E-state index in [9.17, 15) is 9.50 Å². The third-order valence-electron chi connectivity index (χ3n) is 5.47. The molecule has 4 rings (SSSR count). The first kappa shape index (κ1) is 22.3. The number of phenolic OH excluding ortho intramolecular Hbond substituents is 1. The second-order valence-electron chi connectivity index (χ2n) is 7.64. The summed E-state index contributed by atoms with van der Waals surface area (Å²) in [6.07, 6.45) is 1.37. The highest BCUT2D eigenvalue weighted by Crippen LogP contribution is 2.36. The monoisotopic (exact) mass is 461 g/mol. The maximum absolute atomic E-state index is 14.3. The number of nitrogens with one attached hydrogen (secondary N) is 1. The molecule has 10 heteroatoms. The van der Waals surface area contributed by atoms with Crippen LogP contribution in [0.25, 0.3) is 10.9 Å². The van der Waals surface area contributed by atoms with Gasteiger partial charge in [0.2, 0.25) is 0 Å². The summed E-state index contributed by atoms with van der Waals surface area (Å²) in [5.41, 5.74) is 0.648. The molecule has 2 aromatic carbocycles. The molecule has 0 unspecified atom stereocenters. The lowest BCUT2D eigenvalue weighted by Gasteiger charge is -2.32. The number of fused-ring (bicyclic) bond motifs is 1. The summed E-state index contributed by atoms with van der Waals surface area (Å²) in [5, 5.41) is 13.2. The minimum Gasteiger partial charge on any atom is -0.506 e. The molecule has 2 N–H and O–H groups in total. The van der Waals surface area contributed by atoms with Crippen LogP contribution in [0.1, 0.15) is 0 Å². The Kier molecular flexibility index (Phi) is 6.78. The number of piperazine rings is 1. The van der Waals surface area contributed by atoms with Gasteiger partial charge in [-0.15, -0.1) is 0 Å². The lowest BCUT2D eigenvalue weighted by atomic mass is 10.2. The molecule has 170 valence electrons. The Labute approximate surface area is 190 Å². The van der Waals surface area contributed by atoms with Crippen LogP contribution in [0.2, 0.25) is 5.02 Å². The van der Waals surface area contributed by atoms with Crippen LogP contribution in [0.4, 0.5) is 15.9 Å². The van der Waals surface area contributed by atoms with E-state index >= 15 is 0 Å². The molecule has 0 atom stereocenters. The topological polar surface area (TPSA) is 83.0 Å². The van der Waals surface area contributed by atoms with Gasteiger partial charge in [-0.05, 0) is 19.2 Å². The van der Waals surface area contributed by atoms with Crippen molar-refractivity contribution in [3.63, 3.8) is 0 Å². The van der Waals surface area contributed by atoms with E-state index < -0.39 is 5.82 Å². The molecule has 1 aliphatic rings. The Bertz CT molecular complexity index is 1110. The molecular weight excluding hydrogens is 437 g/mol. The zero-order valence-electron chi connectivity index (χ0n) is 17.9. The number of phenols is 1. The van der Waals surface area contributed by atoms with Gasteiger partial charge in [0.1, 0.15) is 30.3 Å². The van der Waals surface area contributed by atoms with Gasteiger partial charge < -0.3 is 24.8 Å². The summed E-state index contributed by atoms with van der Waals surface area (Å²) >= 11 is 5.76. The first-order valence-corrected chi connectivity index (χ1v) is 10.6. The number of methoxy groups -OCH3 is 1. The normalized spacial score (nSPS) is 15.1. The van der Waals surface area contributed by atoms with Crippen molar-refractivity contribution in [2.24, 2.45) is 0 Å². The Morgan fingerprint density at radius 3 is 2.66 bits per heavy atom. The fourth-order valence-electron chi connectivity index (χ4n) is 3.55. The molecule has 0 spiro atoms. The summed E-state index contributed by atoms with van der Waals surface area (Å²) in [7, 11) is 3.69. The number of ether oxygens (including phenoxy) is 2. The van der Waals surface area contributed by atoms with Crippen molar-refractivity contribution in [3.05, 3.63) is 41.4 Å². The zero-order valence-corrected chi connectivity index (χ0v) is 18.7. The number of hydrogen-bond donors (Lipinski definition) is 2. The number of likely N-dealkylation sites (N-methyl/N-ethyl adjacent to an activating group) is 1. The molecule has 2 heterocycles. The smallest absolute Gasteiger partial charge is 0.163 e. The van der Waals surface area contributed by atoms with E-state index in [4.69, 9.17) is 21.1 Å². The van der Waals surface area contributed by atoms with Crippen molar-refractivity contribution < 1.29 is 19.0 Å². The van der Waals surface area contributed by atoms with Gasteiger partial charge in [-0.2, -0.15) is 0 Å². The molecule has 0 aliphatic carbocycles. The van der Waals surface area contributed by atoms with Crippen molar-refractivity contribution in [1.29, 1.82) is 0 Å². The first-order valence-electron chi connectivity index (χ1n) is 10.3. The Morgan fingerprint density at radius 1 is 1.12 bits per heavy atom. The Hall–Kier alpha value is -2.88. The molecule has 0 amide bonds. The standard InChI is InChI=1S/C22H25ClFN5O3/c1-28-3-5-29(6-4-28)7-8-32-21-12-17-14(9-20(21)31-2)22(26-13-25-17)27-18-11-19(30)15(23)10-16(18)24/h9-13,30H,3-8H2,1-2H3,(H,25,26,27). The van der Waals surface area contributed by atoms with E-state index in [1.54, 1.807) is 19.2 Å².